The van der Waals surface area contributed by atoms with Gasteiger partial charge in [0.05, 0.1) is 12.8 Å². The van der Waals surface area contributed by atoms with Crippen molar-refractivity contribution in [3.63, 3.8) is 0 Å². The number of amides is 1. The van der Waals surface area contributed by atoms with Crippen LogP contribution < -0.4 is 10.1 Å². The number of carbonyl (C=O) groups excluding carboxylic acids is 2. The molecule has 0 radical (unpaired) electrons. The number of aromatic amines is 2. The van der Waals surface area contributed by atoms with Crippen LogP contribution >= 0.6 is 0 Å². The maximum Gasteiger partial charge on any atom is 0.272 e. The summed E-state index contributed by atoms with van der Waals surface area (Å²) in [6.45, 7) is 1.51. The zero-order chi connectivity index (χ0) is 18.3. The molecule has 2 aromatic heterocycles. The SMILES string of the molecule is COc1ccc2[nH]c(C(=O)Nc3ccc4[nH]c(C(C)=O)cc4c3)cc2c1. The summed E-state index contributed by atoms with van der Waals surface area (Å²) >= 11 is 0. The van der Waals surface area contributed by atoms with Crippen LogP contribution in [0, 0.1) is 0 Å². The molecule has 0 unspecified atom stereocenters. The maximum absolute atomic E-state index is 12.6. The predicted molar refractivity (Wildman–Crippen MR) is 101 cm³/mol. The van der Waals surface area contributed by atoms with E-state index in [1.54, 1.807) is 25.3 Å². The second-order valence-corrected chi connectivity index (χ2v) is 6.13. The van der Waals surface area contributed by atoms with Gasteiger partial charge in [-0.2, -0.15) is 0 Å². The standard InChI is InChI=1S/C20H17N3O3/c1-11(24)18-9-12-7-14(3-5-16(12)22-18)21-20(25)19-10-13-8-15(26-2)4-6-17(13)23-19/h3-10,22-23H,1-2H3,(H,21,25). The van der Waals surface area contributed by atoms with Crippen LogP contribution in [0.5, 0.6) is 5.75 Å². The second-order valence-electron chi connectivity index (χ2n) is 6.13. The number of hydrogen-bond donors (Lipinski definition) is 3. The van der Waals surface area contributed by atoms with E-state index in [4.69, 9.17) is 4.74 Å². The van der Waals surface area contributed by atoms with Crippen molar-refractivity contribution in [1.82, 2.24) is 9.97 Å². The zero-order valence-corrected chi connectivity index (χ0v) is 14.3. The summed E-state index contributed by atoms with van der Waals surface area (Å²) < 4.78 is 5.21. The van der Waals surface area contributed by atoms with Gasteiger partial charge in [-0.3, -0.25) is 9.59 Å². The van der Waals surface area contributed by atoms with Crippen LogP contribution in [0.15, 0.2) is 48.5 Å². The smallest absolute Gasteiger partial charge is 0.272 e. The minimum Gasteiger partial charge on any atom is -0.497 e. The molecule has 2 heterocycles. The fraction of sp³-hybridized carbons (Fsp3) is 0.100. The van der Waals surface area contributed by atoms with Gasteiger partial charge in [0.2, 0.25) is 0 Å². The summed E-state index contributed by atoms with van der Waals surface area (Å²) in [5.41, 5.74) is 3.39. The van der Waals surface area contributed by atoms with Gasteiger partial charge in [-0.25, -0.2) is 0 Å². The highest BCUT2D eigenvalue weighted by Crippen LogP contribution is 2.23. The van der Waals surface area contributed by atoms with Crippen molar-refractivity contribution in [2.24, 2.45) is 0 Å². The molecular weight excluding hydrogens is 330 g/mol. The number of hydrogen-bond acceptors (Lipinski definition) is 3. The van der Waals surface area contributed by atoms with Gasteiger partial charge < -0.3 is 20.0 Å². The topological polar surface area (TPSA) is 87.0 Å². The van der Waals surface area contributed by atoms with Crippen molar-refractivity contribution in [3.05, 3.63) is 59.9 Å². The Morgan fingerprint density at radius 3 is 2.27 bits per heavy atom. The molecule has 6 nitrogen and oxygen atoms in total. The van der Waals surface area contributed by atoms with Crippen molar-refractivity contribution in [3.8, 4) is 5.75 Å². The van der Waals surface area contributed by atoms with Crippen molar-refractivity contribution >= 4 is 39.2 Å². The molecule has 0 saturated heterocycles. The Morgan fingerprint density at radius 1 is 0.885 bits per heavy atom. The monoisotopic (exact) mass is 347 g/mol. The molecule has 0 aliphatic rings. The molecule has 2 aromatic carbocycles. The molecule has 0 fully saturated rings. The molecule has 26 heavy (non-hydrogen) atoms. The van der Waals surface area contributed by atoms with E-state index in [-0.39, 0.29) is 11.7 Å². The number of nitrogens with one attached hydrogen (secondary N) is 3. The van der Waals surface area contributed by atoms with E-state index in [1.165, 1.54) is 6.92 Å². The lowest BCUT2D eigenvalue weighted by Crippen LogP contribution is -2.11. The molecular formula is C20H17N3O3. The number of rotatable bonds is 4. The van der Waals surface area contributed by atoms with Gasteiger partial charge in [-0.15, -0.1) is 0 Å². The number of anilines is 1. The third-order valence-electron chi connectivity index (χ3n) is 4.33. The van der Waals surface area contributed by atoms with Crippen LogP contribution in [-0.2, 0) is 0 Å². The van der Waals surface area contributed by atoms with E-state index in [0.717, 1.165) is 27.6 Å². The molecule has 4 aromatic rings. The van der Waals surface area contributed by atoms with Crippen LogP contribution in [0.3, 0.4) is 0 Å². The fourth-order valence-electron chi connectivity index (χ4n) is 2.96. The summed E-state index contributed by atoms with van der Waals surface area (Å²) in [6, 6.07) is 14.6. The first-order valence-electron chi connectivity index (χ1n) is 8.15. The lowest BCUT2D eigenvalue weighted by atomic mass is 10.2. The zero-order valence-electron chi connectivity index (χ0n) is 14.3. The number of benzene rings is 2. The van der Waals surface area contributed by atoms with Crippen LogP contribution in [0.1, 0.15) is 27.9 Å². The quantitative estimate of drug-likeness (QED) is 0.486. The molecule has 4 rings (SSSR count). The number of H-pyrrole nitrogens is 2. The summed E-state index contributed by atoms with van der Waals surface area (Å²) in [5.74, 6) is 0.477. The van der Waals surface area contributed by atoms with Crippen molar-refractivity contribution in [2.45, 2.75) is 6.92 Å². The van der Waals surface area contributed by atoms with Gasteiger partial charge in [-0.05, 0) is 48.5 Å². The minimum absolute atomic E-state index is 0.0275. The van der Waals surface area contributed by atoms with Gasteiger partial charge in [0.1, 0.15) is 11.4 Å². The average Bonchev–Trinajstić information content (AvgIpc) is 3.24. The van der Waals surface area contributed by atoms with E-state index in [2.05, 4.69) is 15.3 Å². The Morgan fingerprint density at radius 2 is 1.54 bits per heavy atom. The van der Waals surface area contributed by atoms with E-state index < -0.39 is 0 Å². The number of ketones is 1. The average molecular weight is 347 g/mol. The van der Waals surface area contributed by atoms with E-state index in [0.29, 0.717) is 17.1 Å². The third-order valence-corrected chi connectivity index (χ3v) is 4.33. The Labute approximate surface area is 149 Å². The maximum atomic E-state index is 12.6. The molecule has 130 valence electrons. The molecule has 6 heteroatoms. The Balaban J connectivity index is 1.61. The van der Waals surface area contributed by atoms with E-state index >= 15 is 0 Å². The number of methoxy groups -OCH3 is 1. The summed E-state index contributed by atoms with van der Waals surface area (Å²) in [4.78, 5) is 30.2. The number of fused-ring (bicyclic) bond motifs is 2. The van der Waals surface area contributed by atoms with E-state index in [1.807, 2.05) is 30.3 Å². The van der Waals surface area contributed by atoms with Crippen molar-refractivity contribution < 1.29 is 14.3 Å². The molecule has 0 atom stereocenters. The third kappa shape index (κ3) is 2.82. The molecule has 0 bridgehead atoms. The summed E-state index contributed by atoms with van der Waals surface area (Å²) in [6.07, 6.45) is 0. The number of Topliss-reactive ketones (excluding diaryl/α,β-unsaturated/α-hetero) is 1. The minimum atomic E-state index is -0.234. The Kier molecular flexibility index (Phi) is 3.73. The first kappa shape index (κ1) is 16.0. The molecule has 3 N–H and O–H groups in total. The number of carbonyl (C=O) groups is 2. The van der Waals surface area contributed by atoms with Crippen molar-refractivity contribution in [2.75, 3.05) is 12.4 Å². The van der Waals surface area contributed by atoms with Gasteiger partial charge in [0.15, 0.2) is 5.78 Å². The highest BCUT2D eigenvalue weighted by atomic mass is 16.5. The first-order valence-corrected chi connectivity index (χ1v) is 8.15. The predicted octanol–water partition coefficient (Wildman–Crippen LogP) is 4.11. The van der Waals surface area contributed by atoms with Gasteiger partial charge in [-0.1, -0.05) is 0 Å². The van der Waals surface area contributed by atoms with Crippen LogP contribution in [0.4, 0.5) is 5.69 Å². The van der Waals surface area contributed by atoms with Gasteiger partial charge in [0.25, 0.3) is 5.91 Å². The summed E-state index contributed by atoms with van der Waals surface area (Å²) in [5, 5.41) is 4.65. The second kappa shape index (κ2) is 6.07. The lowest BCUT2D eigenvalue weighted by molar-refractivity contribution is 0.100. The van der Waals surface area contributed by atoms with Gasteiger partial charge in [0, 0.05) is 34.4 Å². The Hall–Kier alpha value is -3.54. The largest absolute Gasteiger partial charge is 0.497 e. The lowest BCUT2D eigenvalue weighted by Gasteiger charge is -2.03. The number of ether oxygens (including phenoxy) is 1. The summed E-state index contributed by atoms with van der Waals surface area (Å²) in [7, 11) is 1.61. The first-order chi connectivity index (χ1) is 12.5. The Bertz CT molecular complexity index is 1150. The normalized spacial score (nSPS) is 11.0. The van der Waals surface area contributed by atoms with Gasteiger partial charge >= 0.3 is 0 Å². The highest BCUT2D eigenvalue weighted by Gasteiger charge is 2.12. The highest BCUT2D eigenvalue weighted by molar-refractivity contribution is 6.07. The van der Waals surface area contributed by atoms with Crippen molar-refractivity contribution in [1.29, 1.82) is 0 Å². The van der Waals surface area contributed by atoms with E-state index in [9.17, 15) is 9.59 Å². The molecule has 0 aliphatic carbocycles. The fourth-order valence-corrected chi connectivity index (χ4v) is 2.96. The van der Waals surface area contributed by atoms with Crippen LogP contribution in [0.25, 0.3) is 21.8 Å². The van der Waals surface area contributed by atoms with Crippen LogP contribution in [-0.4, -0.2) is 28.8 Å². The number of aromatic nitrogens is 2. The molecule has 0 saturated carbocycles. The van der Waals surface area contributed by atoms with Crippen LogP contribution in [0.2, 0.25) is 0 Å². The molecule has 1 amide bonds. The molecule has 0 aliphatic heterocycles. The molecule has 0 spiro atoms.